The molecule has 0 rings (SSSR count). The molecule has 0 spiro atoms. The van der Waals surface area contributed by atoms with E-state index in [0.29, 0.717) is 6.61 Å². The van der Waals surface area contributed by atoms with Crippen molar-refractivity contribution in [3.8, 4) is 0 Å². The summed E-state index contributed by atoms with van der Waals surface area (Å²) < 4.78 is 10.8. The maximum Gasteiger partial charge on any atom is 0.159 e. The molecule has 0 aromatic carbocycles. The summed E-state index contributed by atoms with van der Waals surface area (Å²) >= 11 is 0. The molecule has 0 aliphatic carbocycles. The molecule has 0 amide bonds. The molecule has 3 atom stereocenters. The predicted octanol–water partition coefficient (Wildman–Crippen LogP) is 2.07. The highest BCUT2D eigenvalue weighted by Crippen LogP contribution is 2.04. The fourth-order valence-electron chi connectivity index (χ4n) is 0.804. The fourth-order valence-corrected chi connectivity index (χ4v) is 0.804. The second-order valence-corrected chi connectivity index (χ2v) is 3.23. The number of hydrogen-bond acceptors (Lipinski definition) is 4. The molecule has 96 valence electrons. The predicted molar refractivity (Wildman–Crippen MR) is 66.5 cm³/mol. The molecule has 0 heterocycles. The monoisotopic (exact) mass is 222 g/mol. The minimum absolute atomic E-state index is 0. The second-order valence-electron chi connectivity index (χ2n) is 3.23. The van der Waals surface area contributed by atoms with Crippen LogP contribution in [0.25, 0.3) is 0 Å². The Kier molecular flexibility index (Phi) is 16.1. The molecule has 0 saturated carbocycles. The minimum atomic E-state index is -0.238. The van der Waals surface area contributed by atoms with Crippen molar-refractivity contribution in [1.29, 1.82) is 0 Å². The first kappa shape index (κ1) is 20.3. The molecule has 0 aliphatic rings. The smallest absolute Gasteiger partial charge is 0.159 e. The van der Waals surface area contributed by atoms with Crippen LogP contribution in [0.1, 0.15) is 48.5 Å². The van der Waals surface area contributed by atoms with Crippen molar-refractivity contribution in [2.45, 2.75) is 67.0 Å². The standard InChI is InChI=1S/C9H22N2O2.2CH4/c1-4-8(11)13-9(5-2)12-6-7(3)10;;/h7-9H,4-6,10-11H2,1-3H3;2*1H4. The van der Waals surface area contributed by atoms with Gasteiger partial charge in [-0.3, -0.25) is 0 Å². The summed E-state index contributed by atoms with van der Waals surface area (Å²) in [5, 5.41) is 0. The molecule has 15 heavy (non-hydrogen) atoms. The van der Waals surface area contributed by atoms with Gasteiger partial charge in [-0.25, -0.2) is 0 Å². The number of rotatable bonds is 7. The minimum Gasteiger partial charge on any atom is -0.351 e. The molecular weight excluding hydrogens is 192 g/mol. The Balaban J connectivity index is -0.000000720. The molecule has 0 aromatic rings. The van der Waals surface area contributed by atoms with E-state index in [2.05, 4.69) is 0 Å². The van der Waals surface area contributed by atoms with E-state index < -0.39 is 0 Å². The van der Waals surface area contributed by atoms with Crippen LogP contribution in [-0.2, 0) is 9.47 Å². The zero-order valence-corrected chi connectivity index (χ0v) is 8.82. The van der Waals surface area contributed by atoms with Crippen molar-refractivity contribution in [2.24, 2.45) is 11.5 Å². The Morgan fingerprint density at radius 3 is 1.93 bits per heavy atom. The molecule has 0 bridgehead atoms. The lowest BCUT2D eigenvalue weighted by Gasteiger charge is -2.21. The number of hydrogen-bond donors (Lipinski definition) is 2. The zero-order valence-electron chi connectivity index (χ0n) is 8.82. The van der Waals surface area contributed by atoms with E-state index in [1.165, 1.54) is 0 Å². The van der Waals surface area contributed by atoms with Gasteiger partial charge < -0.3 is 20.9 Å². The molecule has 4 N–H and O–H groups in total. The fraction of sp³-hybridized carbons (Fsp3) is 1.00. The van der Waals surface area contributed by atoms with E-state index in [0.717, 1.165) is 12.8 Å². The summed E-state index contributed by atoms with van der Waals surface area (Å²) in [7, 11) is 0. The van der Waals surface area contributed by atoms with Gasteiger partial charge in [-0.05, 0) is 19.8 Å². The van der Waals surface area contributed by atoms with Crippen molar-refractivity contribution in [3.63, 3.8) is 0 Å². The highest BCUT2D eigenvalue weighted by atomic mass is 16.7. The van der Waals surface area contributed by atoms with Crippen molar-refractivity contribution < 1.29 is 9.47 Å². The maximum atomic E-state index is 5.62. The van der Waals surface area contributed by atoms with E-state index >= 15 is 0 Å². The van der Waals surface area contributed by atoms with E-state index in [4.69, 9.17) is 20.9 Å². The van der Waals surface area contributed by atoms with Crippen LogP contribution in [0.2, 0.25) is 0 Å². The van der Waals surface area contributed by atoms with Crippen LogP contribution in [0.3, 0.4) is 0 Å². The number of nitrogens with two attached hydrogens (primary N) is 2. The molecule has 4 heteroatoms. The van der Waals surface area contributed by atoms with Gasteiger partial charge in [0.1, 0.15) is 6.23 Å². The molecule has 3 unspecified atom stereocenters. The van der Waals surface area contributed by atoms with Gasteiger partial charge in [-0.15, -0.1) is 0 Å². The molecule has 0 saturated heterocycles. The first-order chi connectivity index (χ1) is 6.10. The summed E-state index contributed by atoms with van der Waals surface area (Å²) in [5.41, 5.74) is 11.2. The Hall–Kier alpha value is -0.160. The highest BCUT2D eigenvalue weighted by Gasteiger charge is 2.11. The normalized spacial score (nSPS) is 15.8. The van der Waals surface area contributed by atoms with Crippen LogP contribution in [0.5, 0.6) is 0 Å². The molecule has 0 aromatic heterocycles. The van der Waals surface area contributed by atoms with Crippen LogP contribution < -0.4 is 11.5 Å². The van der Waals surface area contributed by atoms with Gasteiger partial charge in [0.2, 0.25) is 0 Å². The quantitative estimate of drug-likeness (QED) is 0.647. The summed E-state index contributed by atoms with van der Waals surface area (Å²) in [6, 6.07) is 0.0375. The van der Waals surface area contributed by atoms with E-state index in [1.54, 1.807) is 0 Å². The number of ether oxygens (including phenoxy) is 2. The Morgan fingerprint density at radius 2 is 1.60 bits per heavy atom. The molecule has 0 radical (unpaired) electrons. The first-order valence-electron chi connectivity index (χ1n) is 4.88. The molecular formula is C11H30N2O2. The first-order valence-corrected chi connectivity index (χ1v) is 4.88. The Morgan fingerprint density at radius 1 is 1.07 bits per heavy atom. The summed E-state index contributed by atoms with van der Waals surface area (Å²) in [6.45, 7) is 6.37. The molecule has 0 aliphatic heterocycles. The van der Waals surface area contributed by atoms with Gasteiger partial charge in [-0.2, -0.15) is 0 Å². The Labute approximate surface area is 95.3 Å². The summed E-state index contributed by atoms with van der Waals surface area (Å²) in [5.74, 6) is 0. The van der Waals surface area contributed by atoms with Crippen LogP contribution in [0.4, 0.5) is 0 Å². The lowest BCUT2D eigenvalue weighted by Crippen LogP contribution is -2.33. The van der Waals surface area contributed by atoms with Gasteiger partial charge >= 0.3 is 0 Å². The summed E-state index contributed by atoms with van der Waals surface area (Å²) in [6.07, 6.45) is 1.12. The van der Waals surface area contributed by atoms with Crippen LogP contribution >= 0.6 is 0 Å². The van der Waals surface area contributed by atoms with Gasteiger partial charge in [0.15, 0.2) is 6.29 Å². The van der Waals surface area contributed by atoms with Crippen LogP contribution in [0.15, 0.2) is 0 Å². The average Bonchev–Trinajstić information content (AvgIpc) is 2.11. The zero-order chi connectivity index (χ0) is 10.3. The molecule has 0 fully saturated rings. The van der Waals surface area contributed by atoms with E-state index in [-0.39, 0.29) is 33.4 Å². The van der Waals surface area contributed by atoms with Crippen molar-refractivity contribution in [2.75, 3.05) is 6.61 Å². The Bertz CT molecular complexity index is 121. The lowest BCUT2D eigenvalue weighted by atomic mass is 10.4. The summed E-state index contributed by atoms with van der Waals surface area (Å²) in [4.78, 5) is 0. The largest absolute Gasteiger partial charge is 0.351 e. The van der Waals surface area contributed by atoms with Gasteiger partial charge in [0.25, 0.3) is 0 Å². The highest BCUT2D eigenvalue weighted by molar-refractivity contribution is 4.52. The van der Waals surface area contributed by atoms with E-state index in [1.807, 2.05) is 20.8 Å². The molecule has 4 nitrogen and oxygen atoms in total. The maximum absolute atomic E-state index is 5.62. The van der Waals surface area contributed by atoms with Crippen LogP contribution in [-0.4, -0.2) is 25.2 Å². The van der Waals surface area contributed by atoms with Gasteiger partial charge in [0.05, 0.1) is 6.61 Å². The second kappa shape index (κ2) is 11.9. The van der Waals surface area contributed by atoms with Crippen molar-refractivity contribution >= 4 is 0 Å². The van der Waals surface area contributed by atoms with Crippen molar-refractivity contribution in [3.05, 3.63) is 0 Å². The lowest BCUT2D eigenvalue weighted by molar-refractivity contribution is -0.172. The average molecular weight is 222 g/mol. The third-order valence-corrected chi connectivity index (χ3v) is 1.61. The van der Waals surface area contributed by atoms with E-state index in [9.17, 15) is 0 Å². The topological polar surface area (TPSA) is 70.5 Å². The third-order valence-electron chi connectivity index (χ3n) is 1.61. The van der Waals surface area contributed by atoms with Crippen LogP contribution in [0, 0.1) is 0 Å². The SMILES string of the molecule is C.C.CCC(N)OC(CC)OCC(C)N. The van der Waals surface area contributed by atoms with Crippen molar-refractivity contribution in [1.82, 2.24) is 0 Å². The van der Waals surface area contributed by atoms with Gasteiger partial charge in [-0.1, -0.05) is 28.7 Å². The van der Waals surface area contributed by atoms with Gasteiger partial charge in [0, 0.05) is 6.04 Å². The third kappa shape index (κ3) is 11.8.